The Balaban J connectivity index is 0.00000392. The van der Waals surface area contributed by atoms with E-state index in [4.69, 9.17) is 20.5 Å². The molecule has 1 N–H and O–H groups in total. The molecule has 1 aromatic heterocycles. The summed E-state index contributed by atoms with van der Waals surface area (Å²) in [6.07, 6.45) is 0. The molecule has 28 heavy (non-hydrogen) atoms. The molecule has 0 saturated carbocycles. The molecule has 0 spiro atoms. The van der Waals surface area contributed by atoms with Crippen molar-refractivity contribution in [3.8, 4) is 5.75 Å². The Bertz CT molecular complexity index is 953. The van der Waals surface area contributed by atoms with Crippen LogP contribution in [-0.2, 0) is 15.0 Å². The van der Waals surface area contributed by atoms with Gasteiger partial charge < -0.3 is 14.2 Å². The number of amides is 2. The summed E-state index contributed by atoms with van der Waals surface area (Å²) < 4.78 is 36.3. The van der Waals surface area contributed by atoms with Crippen molar-refractivity contribution in [2.45, 2.75) is 13.8 Å². The molecule has 144 valence electrons. The molecule has 2 rings (SSSR count). The fraction of sp³-hybridized carbons (Fsp3) is 0.200. The monoisotopic (exact) mass is 436 g/mol. The normalized spacial score (nSPS) is 10.4. The van der Waals surface area contributed by atoms with Gasteiger partial charge in [-0.3, -0.25) is 9.52 Å². The zero-order valence-electron chi connectivity index (χ0n) is 15.2. The third-order valence-electron chi connectivity index (χ3n) is 2.78. The summed E-state index contributed by atoms with van der Waals surface area (Å²) in [7, 11) is -4.66. The average molecular weight is 437 g/mol. The first-order chi connectivity index (χ1) is 12.7. The molecule has 0 unspecified atom stereocenters. The van der Waals surface area contributed by atoms with Crippen LogP contribution in [0.5, 0.6) is 5.75 Å². The van der Waals surface area contributed by atoms with E-state index in [1.807, 2.05) is 0 Å². The maximum Gasteiger partial charge on any atom is 1.00 e. The van der Waals surface area contributed by atoms with Gasteiger partial charge in [-0.05, 0) is 38.1 Å². The fourth-order valence-corrected chi connectivity index (χ4v) is 2.71. The van der Waals surface area contributed by atoms with Crippen LogP contribution in [0.25, 0.3) is 4.72 Å². The SMILES string of the molecule is CCOC(=O)c1cccc(OS(=O)(=O)[N-]C(=O)Nc2nc(C)cc(Cl)n2)c1.[Na+]. The van der Waals surface area contributed by atoms with Crippen LogP contribution < -0.4 is 39.1 Å². The van der Waals surface area contributed by atoms with Crippen LogP contribution in [0.3, 0.4) is 0 Å². The minimum atomic E-state index is -4.66. The van der Waals surface area contributed by atoms with Crippen LogP contribution in [-0.4, -0.2) is 37.0 Å². The molecule has 0 aliphatic heterocycles. The summed E-state index contributed by atoms with van der Waals surface area (Å²) in [6, 6.07) is 5.40. The second kappa shape index (κ2) is 10.6. The number of aromatic nitrogens is 2. The number of halogens is 1. The summed E-state index contributed by atoms with van der Waals surface area (Å²) in [5.41, 5.74) is 0.539. The second-order valence-electron chi connectivity index (χ2n) is 4.94. The summed E-state index contributed by atoms with van der Waals surface area (Å²) in [4.78, 5) is 31.0. The van der Waals surface area contributed by atoms with Crippen molar-refractivity contribution < 1.29 is 56.5 Å². The van der Waals surface area contributed by atoms with E-state index in [2.05, 4.69) is 20.0 Å². The number of esters is 1. The van der Waals surface area contributed by atoms with Crippen LogP contribution in [0.2, 0.25) is 5.15 Å². The number of carbonyl (C=O) groups excluding carboxylic acids is 2. The molecule has 0 aliphatic carbocycles. The van der Waals surface area contributed by atoms with Crippen molar-refractivity contribution >= 4 is 39.9 Å². The molecule has 0 bridgehead atoms. The van der Waals surface area contributed by atoms with Gasteiger partial charge in [-0.25, -0.2) is 14.8 Å². The Kier molecular flexibility index (Phi) is 9.11. The van der Waals surface area contributed by atoms with Gasteiger partial charge in [-0.15, -0.1) is 0 Å². The van der Waals surface area contributed by atoms with Gasteiger partial charge in [0.05, 0.1) is 12.2 Å². The topological polar surface area (TPSA) is 139 Å². The predicted molar refractivity (Wildman–Crippen MR) is 96.1 cm³/mol. The molecule has 0 aliphatic rings. The van der Waals surface area contributed by atoms with Crippen molar-refractivity contribution in [1.82, 2.24) is 9.97 Å². The van der Waals surface area contributed by atoms with E-state index >= 15 is 0 Å². The number of carbonyl (C=O) groups is 2. The Morgan fingerprint density at radius 3 is 2.61 bits per heavy atom. The zero-order valence-corrected chi connectivity index (χ0v) is 18.7. The van der Waals surface area contributed by atoms with Crippen molar-refractivity contribution in [2.75, 3.05) is 11.9 Å². The maximum atomic E-state index is 11.9. The molecule has 0 radical (unpaired) electrons. The van der Waals surface area contributed by atoms with Crippen molar-refractivity contribution in [3.05, 3.63) is 51.5 Å². The Morgan fingerprint density at radius 1 is 1.25 bits per heavy atom. The number of hydrogen-bond acceptors (Lipinski definition) is 8. The summed E-state index contributed by atoms with van der Waals surface area (Å²) in [6.45, 7) is 3.39. The summed E-state index contributed by atoms with van der Waals surface area (Å²) in [5.74, 6) is -1.08. The molecular weight excluding hydrogens is 423 g/mol. The largest absolute Gasteiger partial charge is 1.00 e. The van der Waals surface area contributed by atoms with Gasteiger partial charge in [0.1, 0.15) is 16.9 Å². The minimum absolute atomic E-state index is 0. The minimum Gasteiger partial charge on any atom is -0.462 e. The first-order valence-electron chi connectivity index (χ1n) is 7.45. The first kappa shape index (κ1) is 24.1. The van der Waals surface area contributed by atoms with Crippen LogP contribution >= 0.6 is 11.6 Å². The van der Waals surface area contributed by atoms with E-state index in [0.29, 0.717) is 5.69 Å². The van der Waals surface area contributed by atoms with Gasteiger partial charge in [0.25, 0.3) is 0 Å². The summed E-state index contributed by atoms with van der Waals surface area (Å²) >= 11 is 5.72. The zero-order chi connectivity index (χ0) is 20.0. The van der Waals surface area contributed by atoms with Gasteiger partial charge in [-0.1, -0.05) is 17.7 Å². The quantitative estimate of drug-likeness (QED) is 0.374. The number of urea groups is 1. The van der Waals surface area contributed by atoms with Crippen molar-refractivity contribution in [1.29, 1.82) is 0 Å². The smallest absolute Gasteiger partial charge is 0.462 e. The van der Waals surface area contributed by atoms with Crippen LogP contribution in [0.15, 0.2) is 30.3 Å². The molecule has 0 fully saturated rings. The van der Waals surface area contributed by atoms with E-state index in [1.165, 1.54) is 24.3 Å². The third-order valence-corrected chi connectivity index (χ3v) is 3.77. The van der Waals surface area contributed by atoms with E-state index in [1.54, 1.807) is 13.8 Å². The molecule has 0 saturated heterocycles. The molecule has 1 heterocycles. The average Bonchev–Trinajstić information content (AvgIpc) is 2.53. The van der Waals surface area contributed by atoms with Gasteiger partial charge in [0.2, 0.25) is 0 Å². The van der Waals surface area contributed by atoms with E-state index in [0.717, 1.165) is 6.07 Å². The van der Waals surface area contributed by atoms with E-state index in [9.17, 15) is 18.0 Å². The van der Waals surface area contributed by atoms with Crippen molar-refractivity contribution in [3.63, 3.8) is 0 Å². The molecule has 2 aromatic rings. The second-order valence-corrected chi connectivity index (χ2v) is 6.53. The number of nitrogens with one attached hydrogen (secondary N) is 1. The maximum absolute atomic E-state index is 11.9. The van der Waals surface area contributed by atoms with Gasteiger partial charge in [0.15, 0.2) is 6.03 Å². The standard InChI is InChI=1S/C15H15ClN4O6S.Na/c1-3-25-13(21)10-5-4-6-11(8-10)26-27(23,24)20-15(22)19-14-17-9(2)7-12(16)18-14;/h4-8H,3H2,1-2H3,(H2,17,18,19,20,22);/q;+1/p-1. The fourth-order valence-electron chi connectivity index (χ4n) is 1.84. The number of ether oxygens (including phenoxy) is 1. The molecule has 2 amide bonds. The first-order valence-corrected chi connectivity index (χ1v) is 9.19. The third kappa shape index (κ3) is 7.60. The summed E-state index contributed by atoms with van der Waals surface area (Å²) in [5, 5.41) is 2.13. The van der Waals surface area contributed by atoms with Crippen LogP contribution in [0.1, 0.15) is 23.0 Å². The molecule has 1 aromatic carbocycles. The van der Waals surface area contributed by atoms with E-state index in [-0.39, 0.29) is 58.6 Å². The van der Waals surface area contributed by atoms with E-state index < -0.39 is 22.3 Å². The Labute approximate surface area is 188 Å². The number of benzene rings is 1. The molecular formula is C15H14ClN4NaO6S. The molecule has 10 nitrogen and oxygen atoms in total. The number of anilines is 1. The molecule has 0 atom stereocenters. The number of aryl methyl sites for hydroxylation is 1. The Morgan fingerprint density at radius 2 is 1.96 bits per heavy atom. The predicted octanol–water partition coefficient (Wildman–Crippen LogP) is -0.151. The number of hydrogen-bond donors (Lipinski definition) is 1. The Hall–Kier alpha value is -1.92. The van der Waals surface area contributed by atoms with Gasteiger partial charge in [0, 0.05) is 5.69 Å². The van der Waals surface area contributed by atoms with Crippen LogP contribution in [0.4, 0.5) is 10.7 Å². The van der Waals surface area contributed by atoms with Gasteiger partial charge in [-0.2, -0.15) is 8.42 Å². The van der Waals surface area contributed by atoms with Crippen LogP contribution in [0, 0.1) is 6.92 Å². The number of nitrogens with zero attached hydrogens (tertiary/aromatic N) is 3. The van der Waals surface area contributed by atoms with Crippen molar-refractivity contribution in [2.24, 2.45) is 0 Å². The van der Waals surface area contributed by atoms with Gasteiger partial charge >= 0.3 is 45.8 Å². The number of rotatable bonds is 6. The molecule has 13 heteroatoms.